The second-order valence-corrected chi connectivity index (χ2v) is 5.27. The van der Waals surface area contributed by atoms with Crippen molar-refractivity contribution in [2.24, 2.45) is 0 Å². The maximum atomic E-state index is 9.13. The van der Waals surface area contributed by atoms with E-state index in [-0.39, 0.29) is 5.54 Å². The first kappa shape index (κ1) is 11.4. The molecule has 0 bridgehead atoms. The highest BCUT2D eigenvalue weighted by atomic mass is 32.2. The van der Waals surface area contributed by atoms with E-state index in [1.165, 1.54) is 0 Å². The highest BCUT2D eigenvalue weighted by Crippen LogP contribution is 2.39. The van der Waals surface area contributed by atoms with Gasteiger partial charge in [0.1, 0.15) is 5.54 Å². The van der Waals surface area contributed by atoms with Crippen molar-refractivity contribution in [2.75, 3.05) is 7.05 Å². The Labute approximate surface area is 98.6 Å². The van der Waals surface area contributed by atoms with Crippen molar-refractivity contribution in [2.45, 2.75) is 42.2 Å². The zero-order chi connectivity index (χ0) is 11.6. The first-order valence-electron chi connectivity index (χ1n) is 5.24. The maximum Gasteiger partial charge on any atom is 0.276 e. The Morgan fingerprint density at radius 2 is 2.44 bits per heavy atom. The first-order chi connectivity index (χ1) is 7.67. The van der Waals surface area contributed by atoms with Crippen LogP contribution in [0.3, 0.4) is 0 Å². The fourth-order valence-corrected chi connectivity index (χ4v) is 3.10. The molecule has 0 aliphatic heterocycles. The molecule has 2 rings (SSSR count). The van der Waals surface area contributed by atoms with Crippen LogP contribution < -0.4 is 5.32 Å². The van der Waals surface area contributed by atoms with Crippen molar-refractivity contribution in [3.8, 4) is 6.07 Å². The standard InChI is InChI=1S/C10H14N4OS/c1-7-13-14-9(15-7)16-8-3-4-10(5-8,6-11)12-2/h8,12H,3-5H2,1-2H3. The number of aromatic nitrogens is 2. The van der Waals surface area contributed by atoms with Crippen LogP contribution in [0.4, 0.5) is 0 Å². The van der Waals surface area contributed by atoms with Crippen LogP contribution in [0.25, 0.3) is 0 Å². The number of nitriles is 1. The largest absolute Gasteiger partial charge is 0.416 e. The number of hydrogen-bond acceptors (Lipinski definition) is 6. The monoisotopic (exact) mass is 238 g/mol. The number of nitrogens with zero attached hydrogens (tertiary/aromatic N) is 3. The van der Waals surface area contributed by atoms with Gasteiger partial charge in [-0.1, -0.05) is 11.8 Å². The molecule has 1 aliphatic carbocycles. The quantitative estimate of drug-likeness (QED) is 0.860. The van der Waals surface area contributed by atoms with Gasteiger partial charge in [-0.05, 0) is 26.3 Å². The fourth-order valence-electron chi connectivity index (χ4n) is 1.95. The van der Waals surface area contributed by atoms with Gasteiger partial charge in [-0.2, -0.15) is 5.26 Å². The molecule has 1 aromatic rings. The van der Waals surface area contributed by atoms with Crippen molar-refractivity contribution in [1.29, 1.82) is 5.26 Å². The SMILES string of the molecule is CNC1(C#N)CCC(Sc2nnc(C)o2)C1. The van der Waals surface area contributed by atoms with Crippen LogP contribution in [-0.2, 0) is 0 Å². The molecule has 1 aromatic heterocycles. The Hall–Kier alpha value is -1.06. The summed E-state index contributed by atoms with van der Waals surface area (Å²) in [5.74, 6) is 0.584. The maximum absolute atomic E-state index is 9.13. The van der Waals surface area contributed by atoms with E-state index in [9.17, 15) is 0 Å². The molecule has 1 saturated carbocycles. The molecular weight excluding hydrogens is 224 g/mol. The van der Waals surface area contributed by atoms with Crippen LogP contribution in [0.1, 0.15) is 25.2 Å². The predicted octanol–water partition coefficient (Wildman–Crippen LogP) is 1.50. The third-order valence-electron chi connectivity index (χ3n) is 2.94. The molecular formula is C10H14N4OS. The summed E-state index contributed by atoms with van der Waals surface area (Å²) in [6.07, 6.45) is 2.71. The molecule has 1 fully saturated rings. The molecule has 5 nitrogen and oxygen atoms in total. The Kier molecular flexibility index (Phi) is 3.17. The lowest BCUT2D eigenvalue weighted by Crippen LogP contribution is -2.38. The van der Waals surface area contributed by atoms with E-state index >= 15 is 0 Å². The molecule has 1 aliphatic rings. The summed E-state index contributed by atoms with van der Waals surface area (Å²) in [5, 5.41) is 21.0. The third kappa shape index (κ3) is 2.20. The number of hydrogen-bond donors (Lipinski definition) is 1. The second kappa shape index (κ2) is 4.44. The number of rotatable bonds is 3. The normalized spacial score (nSPS) is 29.2. The van der Waals surface area contributed by atoms with Crippen molar-refractivity contribution in [3.63, 3.8) is 0 Å². The summed E-state index contributed by atoms with van der Waals surface area (Å²) in [5.41, 5.74) is -0.368. The van der Waals surface area contributed by atoms with Crippen LogP contribution in [0.15, 0.2) is 9.64 Å². The van der Waals surface area contributed by atoms with Gasteiger partial charge < -0.3 is 9.73 Å². The zero-order valence-electron chi connectivity index (χ0n) is 9.36. The minimum atomic E-state index is -0.368. The fraction of sp³-hybridized carbons (Fsp3) is 0.700. The smallest absolute Gasteiger partial charge is 0.276 e. The molecule has 16 heavy (non-hydrogen) atoms. The Bertz CT molecular complexity index is 413. The number of nitrogens with one attached hydrogen (secondary N) is 1. The summed E-state index contributed by atoms with van der Waals surface area (Å²) in [7, 11) is 1.84. The minimum absolute atomic E-state index is 0.368. The van der Waals surface area contributed by atoms with Gasteiger partial charge in [0.05, 0.1) is 6.07 Å². The van der Waals surface area contributed by atoms with Gasteiger partial charge in [0, 0.05) is 12.2 Å². The summed E-state index contributed by atoms with van der Waals surface area (Å²) in [6.45, 7) is 1.78. The van der Waals surface area contributed by atoms with Gasteiger partial charge in [0.15, 0.2) is 0 Å². The van der Waals surface area contributed by atoms with E-state index in [1.807, 2.05) is 7.05 Å². The van der Waals surface area contributed by atoms with Gasteiger partial charge in [-0.15, -0.1) is 10.2 Å². The highest BCUT2D eigenvalue weighted by Gasteiger charge is 2.39. The molecule has 0 aromatic carbocycles. The molecule has 0 radical (unpaired) electrons. The van der Waals surface area contributed by atoms with Crippen molar-refractivity contribution in [3.05, 3.63) is 5.89 Å². The molecule has 0 saturated heterocycles. The van der Waals surface area contributed by atoms with Gasteiger partial charge in [0.25, 0.3) is 5.22 Å². The molecule has 1 N–H and O–H groups in total. The molecule has 0 spiro atoms. The van der Waals surface area contributed by atoms with E-state index in [0.717, 1.165) is 19.3 Å². The van der Waals surface area contributed by atoms with E-state index in [2.05, 4.69) is 21.6 Å². The van der Waals surface area contributed by atoms with Crippen molar-refractivity contribution < 1.29 is 4.42 Å². The van der Waals surface area contributed by atoms with Crippen LogP contribution in [0, 0.1) is 18.3 Å². The molecule has 2 atom stereocenters. The van der Waals surface area contributed by atoms with E-state index < -0.39 is 0 Å². The van der Waals surface area contributed by atoms with Crippen LogP contribution in [0.5, 0.6) is 0 Å². The van der Waals surface area contributed by atoms with E-state index in [0.29, 0.717) is 16.4 Å². The van der Waals surface area contributed by atoms with Gasteiger partial charge in [-0.3, -0.25) is 0 Å². The Morgan fingerprint density at radius 1 is 1.62 bits per heavy atom. The number of aryl methyl sites for hydroxylation is 1. The van der Waals surface area contributed by atoms with Crippen LogP contribution in [0.2, 0.25) is 0 Å². The van der Waals surface area contributed by atoms with E-state index in [4.69, 9.17) is 9.68 Å². The molecule has 0 amide bonds. The van der Waals surface area contributed by atoms with Crippen LogP contribution >= 0.6 is 11.8 Å². The number of thioether (sulfide) groups is 1. The molecule has 6 heteroatoms. The van der Waals surface area contributed by atoms with Gasteiger partial charge >= 0.3 is 0 Å². The van der Waals surface area contributed by atoms with Gasteiger partial charge in [0.2, 0.25) is 5.89 Å². The predicted molar refractivity (Wildman–Crippen MR) is 59.9 cm³/mol. The zero-order valence-corrected chi connectivity index (χ0v) is 10.2. The summed E-state index contributed by atoms with van der Waals surface area (Å²) >= 11 is 1.57. The van der Waals surface area contributed by atoms with Crippen LogP contribution in [-0.4, -0.2) is 28.0 Å². The molecule has 86 valence electrons. The summed E-state index contributed by atoms with van der Waals surface area (Å²) < 4.78 is 5.32. The van der Waals surface area contributed by atoms with Crippen molar-refractivity contribution >= 4 is 11.8 Å². The highest BCUT2D eigenvalue weighted by molar-refractivity contribution is 7.99. The lowest BCUT2D eigenvalue weighted by molar-refractivity contribution is 0.427. The second-order valence-electron chi connectivity index (χ2n) is 4.01. The lowest BCUT2D eigenvalue weighted by atomic mass is 10.0. The Balaban J connectivity index is 1.97. The topological polar surface area (TPSA) is 74.7 Å². The lowest BCUT2D eigenvalue weighted by Gasteiger charge is -2.19. The van der Waals surface area contributed by atoms with Gasteiger partial charge in [-0.25, -0.2) is 0 Å². The average Bonchev–Trinajstić information content (AvgIpc) is 2.87. The Morgan fingerprint density at radius 3 is 2.94 bits per heavy atom. The van der Waals surface area contributed by atoms with Crippen molar-refractivity contribution in [1.82, 2.24) is 15.5 Å². The first-order valence-corrected chi connectivity index (χ1v) is 6.12. The summed E-state index contributed by atoms with van der Waals surface area (Å²) in [4.78, 5) is 0. The molecule has 2 unspecified atom stereocenters. The minimum Gasteiger partial charge on any atom is -0.416 e. The summed E-state index contributed by atoms with van der Waals surface area (Å²) in [6, 6.07) is 2.36. The van der Waals surface area contributed by atoms with E-state index in [1.54, 1.807) is 18.7 Å². The molecule has 1 heterocycles. The average molecular weight is 238 g/mol. The third-order valence-corrected chi connectivity index (χ3v) is 4.04.